The molecule has 0 amide bonds. The zero-order valence-electron chi connectivity index (χ0n) is 7.86. The second kappa shape index (κ2) is 46.8. The van der Waals surface area contributed by atoms with Gasteiger partial charge in [0.25, 0.3) is 0 Å². The minimum atomic E-state index is 1.25. The van der Waals surface area contributed by atoms with E-state index in [-0.39, 0.29) is 0 Å². The maximum Gasteiger partial charge on any atom is -0.0470 e. The predicted octanol–water partition coefficient (Wildman–Crippen LogP) is 4.02. The number of hydrogen-bond donors (Lipinski definition) is 0. The summed E-state index contributed by atoms with van der Waals surface area (Å²) in [5.41, 5.74) is 0. The quantitative estimate of drug-likeness (QED) is 0.434. The average molecular weight is 130 g/mol. The Morgan fingerprint density at radius 2 is 1.00 bits per heavy atom. The highest BCUT2D eigenvalue weighted by Crippen LogP contribution is 1.57. The highest BCUT2D eigenvalue weighted by Gasteiger charge is 1.35. The minimum absolute atomic E-state index is 1.25. The van der Waals surface area contributed by atoms with Crippen molar-refractivity contribution in [1.29, 1.82) is 0 Å². The van der Waals surface area contributed by atoms with Crippen molar-refractivity contribution in [3.63, 3.8) is 0 Å². The fourth-order valence-electron chi connectivity index (χ4n) is 0. The molecule has 0 saturated heterocycles. The van der Waals surface area contributed by atoms with Crippen LogP contribution in [0.15, 0.2) is 12.2 Å². The molecule has 0 radical (unpaired) electrons. The average Bonchev–Trinajstić information content (AvgIpc) is 1.94. The maximum atomic E-state index is 2.12. The lowest BCUT2D eigenvalue weighted by Crippen LogP contribution is -1.27. The smallest absolute Gasteiger partial charge is 0.0470 e. The predicted molar refractivity (Wildman–Crippen MR) is 47.8 cm³/mol. The zero-order chi connectivity index (χ0) is 8.12. The molecule has 0 aliphatic rings. The standard InChI is InChI=1S/C4H8.C3H8.C2H6/c1-3-4-2;1-3-2;1-2/h3-4H,1-2H3;3H2,1-2H3;1-2H3/b4-3+;;. The van der Waals surface area contributed by atoms with Gasteiger partial charge in [0, 0.05) is 0 Å². The summed E-state index contributed by atoms with van der Waals surface area (Å²) in [5, 5.41) is 0. The van der Waals surface area contributed by atoms with E-state index in [1.54, 1.807) is 0 Å². The molecule has 0 heteroatoms. The van der Waals surface area contributed by atoms with Crippen LogP contribution in [0.3, 0.4) is 0 Å². The first-order valence-electron chi connectivity index (χ1n) is 3.90. The molecular formula is C9H22. The van der Waals surface area contributed by atoms with Crippen LogP contribution in [-0.2, 0) is 0 Å². The molecule has 0 nitrogen and oxygen atoms in total. The SMILES string of the molecule is C/C=C/C.CC.CCC. The summed E-state index contributed by atoms with van der Waals surface area (Å²) < 4.78 is 0. The first kappa shape index (κ1) is 15.9. The van der Waals surface area contributed by atoms with Crippen molar-refractivity contribution in [3.05, 3.63) is 12.2 Å². The molecule has 0 spiro atoms. The molecule has 0 N–H and O–H groups in total. The van der Waals surface area contributed by atoms with Gasteiger partial charge in [-0.15, -0.1) is 0 Å². The first-order chi connectivity index (χ1) is 4.33. The van der Waals surface area contributed by atoms with Gasteiger partial charge in [0.05, 0.1) is 0 Å². The van der Waals surface area contributed by atoms with Gasteiger partial charge in [0.15, 0.2) is 0 Å². The molecule has 0 bridgehead atoms. The molecule has 0 saturated carbocycles. The summed E-state index contributed by atoms with van der Waals surface area (Å²) in [4.78, 5) is 0. The van der Waals surface area contributed by atoms with E-state index in [4.69, 9.17) is 0 Å². The van der Waals surface area contributed by atoms with E-state index in [2.05, 4.69) is 13.8 Å². The molecule has 58 valence electrons. The molecule has 0 aromatic heterocycles. The largest absolute Gasteiger partial charge is 0.0919 e. The van der Waals surface area contributed by atoms with Gasteiger partial charge >= 0.3 is 0 Å². The van der Waals surface area contributed by atoms with Crippen molar-refractivity contribution < 1.29 is 0 Å². The monoisotopic (exact) mass is 130 g/mol. The molecule has 0 aromatic rings. The Kier molecular flexibility index (Phi) is 82.7. The zero-order valence-corrected chi connectivity index (χ0v) is 7.86. The Hall–Kier alpha value is -0.260. The van der Waals surface area contributed by atoms with E-state index >= 15 is 0 Å². The van der Waals surface area contributed by atoms with Gasteiger partial charge in [0.2, 0.25) is 0 Å². The van der Waals surface area contributed by atoms with E-state index in [0.29, 0.717) is 0 Å². The van der Waals surface area contributed by atoms with Crippen LogP contribution in [0.5, 0.6) is 0 Å². The maximum absolute atomic E-state index is 2.12. The van der Waals surface area contributed by atoms with Crippen molar-refractivity contribution in [2.24, 2.45) is 0 Å². The lowest BCUT2D eigenvalue weighted by molar-refractivity contribution is 1.09. The Labute approximate surface area is 61.0 Å². The van der Waals surface area contributed by atoms with Crippen molar-refractivity contribution in [2.45, 2.75) is 48.0 Å². The summed E-state index contributed by atoms with van der Waals surface area (Å²) in [6, 6.07) is 0. The van der Waals surface area contributed by atoms with Gasteiger partial charge in [-0.05, 0) is 13.8 Å². The Morgan fingerprint density at radius 1 is 0.889 bits per heavy atom. The fourth-order valence-corrected chi connectivity index (χ4v) is 0. The number of allylic oxidation sites excluding steroid dienone is 2. The molecule has 0 atom stereocenters. The first-order valence-corrected chi connectivity index (χ1v) is 3.90. The van der Waals surface area contributed by atoms with Crippen molar-refractivity contribution in [1.82, 2.24) is 0 Å². The normalized spacial score (nSPS) is 6.89. The molecule has 0 fully saturated rings. The van der Waals surface area contributed by atoms with E-state index in [0.717, 1.165) is 0 Å². The van der Waals surface area contributed by atoms with Crippen molar-refractivity contribution in [3.8, 4) is 0 Å². The van der Waals surface area contributed by atoms with Gasteiger partial charge in [0.1, 0.15) is 0 Å². The Morgan fingerprint density at radius 3 is 1.00 bits per heavy atom. The number of hydrogen-bond acceptors (Lipinski definition) is 0. The van der Waals surface area contributed by atoms with E-state index < -0.39 is 0 Å². The van der Waals surface area contributed by atoms with Crippen LogP contribution < -0.4 is 0 Å². The Balaban J connectivity index is -0.0000000646. The molecule has 0 heterocycles. The summed E-state index contributed by atoms with van der Waals surface area (Å²) in [7, 11) is 0. The summed E-state index contributed by atoms with van der Waals surface area (Å²) in [6.45, 7) is 12.2. The van der Waals surface area contributed by atoms with Crippen LogP contribution in [0.1, 0.15) is 48.0 Å². The highest BCUT2D eigenvalue weighted by molar-refractivity contribution is 4.68. The van der Waals surface area contributed by atoms with Gasteiger partial charge in [-0.25, -0.2) is 0 Å². The van der Waals surface area contributed by atoms with Crippen LogP contribution >= 0.6 is 0 Å². The summed E-state index contributed by atoms with van der Waals surface area (Å²) in [6.07, 6.45) is 5.25. The van der Waals surface area contributed by atoms with E-state index in [1.165, 1.54) is 6.42 Å². The van der Waals surface area contributed by atoms with Crippen LogP contribution in [0.25, 0.3) is 0 Å². The van der Waals surface area contributed by atoms with Crippen LogP contribution in [0.2, 0.25) is 0 Å². The summed E-state index contributed by atoms with van der Waals surface area (Å²) >= 11 is 0. The van der Waals surface area contributed by atoms with Crippen LogP contribution in [-0.4, -0.2) is 0 Å². The van der Waals surface area contributed by atoms with Gasteiger partial charge in [-0.3, -0.25) is 0 Å². The molecule has 0 rings (SSSR count). The molecule has 9 heavy (non-hydrogen) atoms. The van der Waals surface area contributed by atoms with Crippen LogP contribution in [0.4, 0.5) is 0 Å². The van der Waals surface area contributed by atoms with Crippen LogP contribution in [0, 0.1) is 0 Å². The topological polar surface area (TPSA) is 0 Å². The fraction of sp³-hybridized carbons (Fsp3) is 0.778. The van der Waals surface area contributed by atoms with Gasteiger partial charge < -0.3 is 0 Å². The highest BCUT2D eigenvalue weighted by atomic mass is 13.4. The second-order valence-corrected chi connectivity index (χ2v) is 1.37. The van der Waals surface area contributed by atoms with Gasteiger partial charge in [-0.1, -0.05) is 46.3 Å². The third kappa shape index (κ3) is 466. The molecule has 0 aromatic carbocycles. The summed E-state index contributed by atoms with van der Waals surface area (Å²) in [5.74, 6) is 0. The van der Waals surface area contributed by atoms with E-state index in [1.807, 2.05) is 39.8 Å². The Bertz CT molecular complexity index is 23.0. The number of rotatable bonds is 0. The minimum Gasteiger partial charge on any atom is -0.0919 e. The van der Waals surface area contributed by atoms with Crippen molar-refractivity contribution >= 4 is 0 Å². The molecule has 0 aliphatic carbocycles. The third-order valence-electron chi connectivity index (χ3n) is 0.333. The third-order valence-corrected chi connectivity index (χ3v) is 0.333. The van der Waals surface area contributed by atoms with Crippen molar-refractivity contribution in [2.75, 3.05) is 0 Å². The van der Waals surface area contributed by atoms with E-state index in [9.17, 15) is 0 Å². The second-order valence-electron chi connectivity index (χ2n) is 1.37. The molecular weight excluding hydrogens is 108 g/mol. The molecule has 0 unspecified atom stereocenters. The lowest BCUT2D eigenvalue weighted by atomic mass is 10.6. The lowest BCUT2D eigenvalue weighted by Gasteiger charge is -1.49. The van der Waals surface area contributed by atoms with Gasteiger partial charge in [-0.2, -0.15) is 0 Å². The molecule has 0 aliphatic heterocycles.